The molecule has 0 spiro atoms. The number of nitrogens with one attached hydrogen (secondary N) is 2. The maximum Gasteiger partial charge on any atom is 0.410 e. The molecule has 2 N–H and O–H groups in total. The van der Waals surface area contributed by atoms with Gasteiger partial charge in [-0.25, -0.2) is 13.2 Å². The fourth-order valence-corrected chi connectivity index (χ4v) is 7.28. The van der Waals surface area contributed by atoms with Gasteiger partial charge < -0.3 is 20.3 Å². The minimum atomic E-state index is -3.62. The van der Waals surface area contributed by atoms with Crippen molar-refractivity contribution in [3.8, 4) is 0 Å². The molecule has 0 aliphatic carbocycles. The van der Waals surface area contributed by atoms with E-state index in [4.69, 9.17) is 4.74 Å². The molecule has 3 heterocycles. The molecule has 1 aromatic heterocycles. The number of sulfonamides is 1. The van der Waals surface area contributed by atoms with Gasteiger partial charge in [0, 0.05) is 37.1 Å². The van der Waals surface area contributed by atoms with E-state index in [0.717, 1.165) is 23.3 Å². The second-order valence-electron chi connectivity index (χ2n) is 9.22. The maximum absolute atomic E-state index is 13.1. The average Bonchev–Trinajstić information content (AvgIpc) is 3.25. The van der Waals surface area contributed by atoms with Crippen LogP contribution < -0.4 is 10.6 Å². The lowest BCUT2D eigenvalue weighted by molar-refractivity contribution is 0.0961. The zero-order valence-corrected chi connectivity index (χ0v) is 22.8. The quantitative estimate of drug-likeness (QED) is 0.571. The molecule has 4 rings (SSSR count). The Hall–Kier alpha value is -2.96. The van der Waals surface area contributed by atoms with Gasteiger partial charge in [0.25, 0.3) is 11.8 Å². The summed E-state index contributed by atoms with van der Waals surface area (Å²) in [6.45, 7) is 5.81. The lowest BCUT2D eigenvalue weighted by Gasteiger charge is -2.29. The smallest absolute Gasteiger partial charge is 0.410 e. The largest absolute Gasteiger partial charge is 0.450 e. The molecule has 200 valence electrons. The van der Waals surface area contributed by atoms with Crippen LogP contribution in [0.5, 0.6) is 0 Å². The molecule has 12 heteroatoms. The van der Waals surface area contributed by atoms with Crippen LogP contribution in [0.3, 0.4) is 0 Å². The van der Waals surface area contributed by atoms with Gasteiger partial charge in [-0.2, -0.15) is 4.31 Å². The van der Waals surface area contributed by atoms with Crippen LogP contribution in [0.2, 0.25) is 0 Å². The number of fused-ring (bicyclic) bond motifs is 1. The van der Waals surface area contributed by atoms with Crippen molar-refractivity contribution in [1.82, 2.24) is 14.5 Å². The Bertz CT molecular complexity index is 1280. The van der Waals surface area contributed by atoms with Crippen molar-refractivity contribution in [2.75, 3.05) is 38.6 Å². The third kappa shape index (κ3) is 5.65. The molecule has 0 saturated carbocycles. The monoisotopic (exact) mass is 548 g/mol. The minimum Gasteiger partial charge on any atom is -0.450 e. The lowest BCUT2D eigenvalue weighted by atomic mass is 10.0. The molecule has 1 saturated heterocycles. The molecule has 2 aromatic rings. The number of hydrogen-bond donors (Lipinski definition) is 2. The van der Waals surface area contributed by atoms with Gasteiger partial charge in [0.15, 0.2) is 0 Å². The molecular weight excluding hydrogens is 516 g/mol. The molecule has 0 radical (unpaired) electrons. The molecule has 0 unspecified atom stereocenters. The highest BCUT2D eigenvalue weighted by Crippen LogP contribution is 2.37. The summed E-state index contributed by atoms with van der Waals surface area (Å²) in [6.07, 6.45) is 1.71. The van der Waals surface area contributed by atoms with Gasteiger partial charge in [0.1, 0.15) is 5.00 Å². The number of thiophene rings is 1. The van der Waals surface area contributed by atoms with Crippen LogP contribution in [0, 0.1) is 5.92 Å². The van der Waals surface area contributed by atoms with E-state index in [0.29, 0.717) is 49.1 Å². The topological polar surface area (TPSA) is 125 Å². The summed E-state index contributed by atoms with van der Waals surface area (Å²) in [5, 5.41) is 5.83. The number of ether oxygens (including phenoxy) is 1. The normalized spacial score (nSPS) is 16.7. The standard InChI is InChI=1S/C25H32N4O6S2/c1-4-35-25(32)28-12-11-19-20(15-28)36-24(21(19)23(31)26-3)27-22(30)17-5-7-18(8-6-17)37(33,34)29-13-9-16(2)10-14-29/h5-8,16H,4,9-15H2,1-3H3,(H,26,31)(H,27,30). The Morgan fingerprint density at radius 3 is 2.38 bits per heavy atom. The van der Waals surface area contributed by atoms with E-state index in [1.54, 1.807) is 11.8 Å². The van der Waals surface area contributed by atoms with Crippen LogP contribution in [0.4, 0.5) is 9.80 Å². The molecule has 1 fully saturated rings. The van der Waals surface area contributed by atoms with Gasteiger partial charge in [-0.1, -0.05) is 6.92 Å². The highest BCUT2D eigenvalue weighted by molar-refractivity contribution is 7.89. The zero-order chi connectivity index (χ0) is 26.7. The third-order valence-corrected chi connectivity index (χ3v) is 9.81. The van der Waals surface area contributed by atoms with Crippen molar-refractivity contribution < 1.29 is 27.5 Å². The third-order valence-electron chi connectivity index (χ3n) is 6.76. The van der Waals surface area contributed by atoms with Crippen LogP contribution in [0.1, 0.15) is 57.8 Å². The van der Waals surface area contributed by atoms with E-state index >= 15 is 0 Å². The number of nitrogens with zero attached hydrogens (tertiary/aromatic N) is 2. The van der Waals surface area contributed by atoms with Gasteiger partial charge >= 0.3 is 6.09 Å². The van der Waals surface area contributed by atoms with Gasteiger partial charge in [-0.05, 0) is 61.9 Å². The molecule has 0 atom stereocenters. The van der Waals surface area contributed by atoms with Gasteiger partial charge in [-0.3, -0.25) is 9.59 Å². The van der Waals surface area contributed by atoms with Gasteiger partial charge in [0.2, 0.25) is 10.0 Å². The Morgan fingerprint density at radius 1 is 1.08 bits per heavy atom. The van der Waals surface area contributed by atoms with E-state index in [1.807, 2.05) is 0 Å². The Labute approximate surface area is 221 Å². The summed E-state index contributed by atoms with van der Waals surface area (Å²) in [7, 11) is -2.10. The number of piperidine rings is 1. The number of amides is 3. The molecule has 10 nitrogen and oxygen atoms in total. The molecular formula is C25H32N4O6S2. The highest BCUT2D eigenvalue weighted by Gasteiger charge is 2.31. The van der Waals surface area contributed by atoms with E-state index in [1.165, 1.54) is 47.0 Å². The van der Waals surface area contributed by atoms with Crippen LogP contribution in [-0.2, 0) is 27.7 Å². The summed E-state index contributed by atoms with van der Waals surface area (Å²) >= 11 is 1.25. The second kappa shape index (κ2) is 11.2. The first kappa shape index (κ1) is 27.1. The maximum atomic E-state index is 13.1. The van der Waals surface area contributed by atoms with Crippen molar-refractivity contribution >= 4 is 44.3 Å². The molecule has 37 heavy (non-hydrogen) atoms. The van der Waals surface area contributed by atoms with Crippen molar-refractivity contribution in [3.63, 3.8) is 0 Å². The predicted molar refractivity (Wildman–Crippen MR) is 140 cm³/mol. The predicted octanol–water partition coefficient (Wildman–Crippen LogP) is 3.30. The van der Waals surface area contributed by atoms with Gasteiger partial charge in [0.05, 0.1) is 23.6 Å². The zero-order valence-electron chi connectivity index (χ0n) is 21.2. The first-order valence-electron chi connectivity index (χ1n) is 12.4. The van der Waals surface area contributed by atoms with Crippen molar-refractivity contribution in [3.05, 3.63) is 45.8 Å². The molecule has 3 amide bonds. The number of hydrogen-bond acceptors (Lipinski definition) is 7. The van der Waals surface area contributed by atoms with Gasteiger partial charge in [-0.15, -0.1) is 11.3 Å². The number of anilines is 1. The van der Waals surface area contributed by atoms with Crippen molar-refractivity contribution in [2.45, 2.75) is 44.6 Å². The first-order chi connectivity index (χ1) is 17.6. The SMILES string of the molecule is CCOC(=O)N1CCc2c(sc(NC(=O)c3ccc(S(=O)(=O)N4CCC(C)CC4)cc3)c2C(=O)NC)C1. The Balaban J connectivity index is 1.53. The average molecular weight is 549 g/mol. The first-order valence-corrected chi connectivity index (χ1v) is 14.6. The van der Waals surface area contributed by atoms with Crippen LogP contribution >= 0.6 is 11.3 Å². The highest BCUT2D eigenvalue weighted by atomic mass is 32.2. The minimum absolute atomic E-state index is 0.148. The summed E-state index contributed by atoms with van der Waals surface area (Å²) in [5.41, 5.74) is 1.46. The molecule has 2 aliphatic rings. The second-order valence-corrected chi connectivity index (χ2v) is 12.3. The van der Waals surface area contributed by atoms with Crippen molar-refractivity contribution in [1.29, 1.82) is 0 Å². The van der Waals surface area contributed by atoms with Crippen molar-refractivity contribution in [2.24, 2.45) is 5.92 Å². The summed E-state index contributed by atoms with van der Waals surface area (Å²) in [6, 6.07) is 5.84. The lowest BCUT2D eigenvalue weighted by Crippen LogP contribution is -2.37. The number of carbonyl (C=O) groups is 3. The number of benzene rings is 1. The van der Waals surface area contributed by atoms with Crippen LogP contribution in [0.25, 0.3) is 0 Å². The summed E-state index contributed by atoms with van der Waals surface area (Å²) in [5.74, 6) is -0.273. The Morgan fingerprint density at radius 2 is 1.76 bits per heavy atom. The number of carbonyl (C=O) groups excluding carboxylic acids is 3. The summed E-state index contributed by atoms with van der Waals surface area (Å²) < 4.78 is 32.6. The Kier molecular flexibility index (Phi) is 8.20. The van der Waals surface area contributed by atoms with E-state index in [9.17, 15) is 22.8 Å². The fraction of sp³-hybridized carbons (Fsp3) is 0.480. The van der Waals surface area contributed by atoms with Crippen LogP contribution in [0.15, 0.2) is 29.2 Å². The van der Waals surface area contributed by atoms with E-state index in [-0.39, 0.29) is 23.0 Å². The van der Waals surface area contributed by atoms with E-state index in [2.05, 4.69) is 17.6 Å². The fourth-order valence-electron chi connectivity index (χ4n) is 4.56. The molecule has 2 aliphatic heterocycles. The molecule has 0 bridgehead atoms. The summed E-state index contributed by atoms with van der Waals surface area (Å²) in [4.78, 5) is 40.5. The number of rotatable bonds is 6. The van der Waals surface area contributed by atoms with Crippen LogP contribution in [-0.4, -0.2) is 68.8 Å². The molecule has 1 aromatic carbocycles. The van der Waals surface area contributed by atoms with E-state index < -0.39 is 22.0 Å².